The maximum Gasteiger partial charge on any atom is 0.257 e. The van der Waals surface area contributed by atoms with Crippen molar-refractivity contribution in [2.24, 2.45) is 5.92 Å². The molecule has 2 unspecified atom stereocenters. The molecule has 0 bridgehead atoms. The van der Waals surface area contributed by atoms with Crippen LogP contribution in [-0.4, -0.2) is 23.9 Å². The number of likely N-dealkylation sites (tertiary alicyclic amines) is 1. The maximum absolute atomic E-state index is 12.7. The lowest BCUT2D eigenvalue weighted by Crippen LogP contribution is -2.29. The average Bonchev–Trinajstić information content (AvgIpc) is 2.95. The number of hydrogen-bond acceptors (Lipinski definition) is 3. The molecule has 1 aromatic rings. The van der Waals surface area contributed by atoms with Crippen molar-refractivity contribution in [2.45, 2.75) is 45.4 Å². The highest BCUT2D eigenvalue weighted by Crippen LogP contribution is 2.44. The number of nitrogens with two attached hydrogens (primary N) is 1. The molecular formula is C15H22N2OS. The Balaban J connectivity index is 1.99. The highest BCUT2D eigenvalue weighted by Gasteiger charge is 2.32. The summed E-state index contributed by atoms with van der Waals surface area (Å²) in [6, 6.07) is 0. The van der Waals surface area contributed by atoms with Crippen LogP contribution in [0.1, 0.15) is 59.8 Å². The number of carbonyl (C=O) groups is 1. The number of carbonyl (C=O) groups excluding carboxylic acids is 1. The van der Waals surface area contributed by atoms with E-state index in [0.717, 1.165) is 42.9 Å². The Morgan fingerprint density at radius 3 is 2.68 bits per heavy atom. The van der Waals surface area contributed by atoms with Crippen molar-refractivity contribution >= 4 is 22.2 Å². The number of nitrogen functional groups attached to an aromatic ring is 1. The number of thiophene rings is 1. The second kappa shape index (κ2) is 4.82. The van der Waals surface area contributed by atoms with Crippen LogP contribution < -0.4 is 5.73 Å². The molecule has 2 heterocycles. The van der Waals surface area contributed by atoms with Crippen LogP contribution in [0, 0.1) is 5.92 Å². The van der Waals surface area contributed by atoms with Crippen LogP contribution in [0.25, 0.3) is 0 Å². The van der Waals surface area contributed by atoms with Crippen LogP contribution in [0.4, 0.5) is 5.00 Å². The molecule has 104 valence electrons. The van der Waals surface area contributed by atoms with E-state index in [2.05, 4.69) is 13.8 Å². The molecular weight excluding hydrogens is 256 g/mol. The third-order valence-corrected chi connectivity index (χ3v) is 5.72. The van der Waals surface area contributed by atoms with E-state index in [0.29, 0.717) is 11.8 Å². The van der Waals surface area contributed by atoms with Gasteiger partial charge in [0.15, 0.2) is 0 Å². The second-order valence-corrected chi connectivity index (χ2v) is 7.21. The summed E-state index contributed by atoms with van der Waals surface area (Å²) in [5, 5.41) is 0.739. The largest absolute Gasteiger partial charge is 0.390 e. The van der Waals surface area contributed by atoms with Gasteiger partial charge in [-0.1, -0.05) is 13.8 Å². The highest BCUT2D eigenvalue weighted by atomic mass is 32.1. The third kappa shape index (κ3) is 2.16. The van der Waals surface area contributed by atoms with Crippen LogP contribution in [0.2, 0.25) is 0 Å². The Morgan fingerprint density at radius 2 is 2.00 bits per heavy atom. The van der Waals surface area contributed by atoms with Crippen molar-refractivity contribution in [1.82, 2.24) is 4.90 Å². The number of rotatable bonds is 1. The highest BCUT2D eigenvalue weighted by molar-refractivity contribution is 7.16. The molecule has 1 aromatic heterocycles. The van der Waals surface area contributed by atoms with Crippen molar-refractivity contribution in [3.05, 3.63) is 16.0 Å². The van der Waals surface area contributed by atoms with Gasteiger partial charge in [0.1, 0.15) is 0 Å². The van der Waals surface area contributed by atoms with Crippen LogP contribution >= 0.6 is 11.3 Å². The Morgan fingerprint density at radius 1 is 1.32 bits per heavy atom. The molecule has 0 spiro atoms. The van der Waals surface area contributed by atoms with Gasteiger partial charge >= 0.3 is 0 Å². The Bertz CT molecular complexity index is 502. The summed E-state index contributed by atoms with van der Waals surface area (Å²) in [6.07, 6.45) is 4.49. The van der Waals surface area contributed by atoms with Crippen molar-refractivity contribution < 1.29 is 4.79 Å². The molecule has 0 saturated carbocycles. The molecule has 1 amide bonds. The van der Waals surface area contributed by atoms with Crippen molar-refractivity contribution in [1.29, 1.82) is 0 Å². The molecule has 19 heavy (non-hydrogen) atoms. The fourth-order valence-electron chi connectivity index (χ4n) is 3.56. The van der Waals surface area contributed by atoms with Gasteiger partial charge in [0, 0.05) is 18.0 Å². The summed E-state index contributed by atoms with van der Waals surface area (Å²) in [4.78, 5) is 16.0. The van der Waals surface area contributed by atoms with Gasteiger partial charge in [0.05, 0.1) is 10.6 Å². The molecule has 2 N–H and O–H groups in total. The van der Waals surface area contributed by atoms with Gasteiger partial charge in [-0.3, -0.25) is 4.79 Å². The summed E-state index contributed by atoms with van der Waals surface area (Å²) < 4.78 is 0. The Kier molecular flexibility index (Phi) is 3.29. The van der Waals surface area contributed by atoms with Gasteiger partial charge in [-0.15, -0.1) is 11.3 Å². The Hall–Kier alpha value is -1.03. The molecule has 3 nitrogen and oxygen atoms in total. The standard InChI is InChI=1S/C15H22N2OS/c1-9-7-10(2)13-11(8-9)12(14(16)19-13)15(18)17-5-3-4-6-17/h9-10H,3-8,16H2,1-2H3. The molecule has 4 heteroatoms. The van der Waals surface area contributed by atoms with E-state index in [1.165, 1.54) is 16.9 Å². The fourth-order valence-corrected chi connectivity index (χ4v) is 4.71. The monoisotopic (exact) mass is 278 g/mol. The van der Waals surface area contributed by atoms with Crippen molar-refractivity contribution in [2.75, 3.05) is 18.8 Å². The quantitative estimate of drug-likeness (QED) is 0.857. The first kappa shape index (κ1) is 13.0. The zero-order valence-electron chi connectivity index (χ0n) is 11.7. The zero-order valence-corrected chi connectivity index (χ0v) is 12.6. The minimum absolute atomic E-state index is 0.175. The van der Waals surface area contributed by atoms with Crippen molar-refractivity contribution in [3.63, 3.8) is 0 Å². The number of amides is 1. The number of fused-ring (bicyclic) bond motifs is 1. The lowest BCUT2D eigenvalue weighted by Gasteiger charge is -2.25. The Labute approximate surface area is 118 Å². The maximum atomic E-state index is 12.7. The lowest BCUT2D eigenvalue weighted by atomic mass is 9.82. The van der Waals surface area contributed by atoms with E-state index in [4.69, 9.17) is 5.73 Å². The van der Waals surface area contributed by atoms with Crippen molar-refractivity contribution in [3.8, 4) is 0 Å². The second-order valence-electron chi connectivity index (χ2n) is 6.13. The lowest BCUT2D eigenvalue weighted by molar-refractivity contribution is 0.0792. The molecule has 1 fully saturated rings. The van der Waals surface area contributed by atoms with Gasteiger partial charge in [-0.05, 0) is 43.1 Å². The molecule has 1 saturated heterocycles. The molecule has 0 aromatic carbocycles. The van der Waals surface area contributed by atoms with Crippen LogP contribution in [0.5, 0.6) is 0 Å². The topological polar surface area (TPSA) is 46.3 Å². The van der Waals surface area contributed by atoms with E-state index in [-0.39, 0.29) is 5.91 Å². The summed E-state index contributed by atoms with van der Waals surface area (Å²) in [6.45, 7) is 6.33. The minimum Gasteiger partial charge on any atom is -0.390 e. The average molecular weight is 278 g/mol. The number of hydrogen-bond donors (Lipinski definition) is 1. The van der Waals surface area contributed by atoms with Gasteiger partial charge in [-0.2, -0.15) is 0 Å². The van der Waals surface area contributed by atoms with Gasteiger partial charge in [-0.25, -0.2) is 0 Å². The van der Waals surface area contributed by atoms with Gasteiger partial charge in [0.25, 0.3) is 5.91 Å². The van der Waals surface area contributed by atoms with Crippen LogP contribution in [0.15, 0.2) is 0 Å². The SMILES string of the molecule is CC1Cc2c(sc(N)c2C(=O)N2CCCC2)C(C)C1. The summed E-state index contributed by atoms with van der Waals surface area (Å²) in [5.41, 5.74) is 8.26. The molecule has 1 aliphatic carbocycles. The first-order valence-corrected chi connectivity index (χ1v) is 8.10. The molecule has 3 rings (SSSR count). The van der Waals surface area contributed by atoms with E-state index < -0.39 is 0 Å². The van der Waals surface area contributed by atoms with Crippen LogP contribution in [-0.2, 0) is 6.42 Å². The first-order chi connectivity index (χ1) is 9.08. The molecule has 1 aliphatic heterocycles. The number of anilines is 1. The number of nitrogens with zero attached hydrogens (tertiary/aromatic N) is 1. The van der Waals surface area contributed by atoms with E-state index in [1.807, 2.05) is 4.90 Å². The summed E-state index contributed by atoms with van der Waals surface area (Å²) in [7, 11) is 0. The molecule has 0 radical (unpaired) electrons. The van der Waals surface area contributed by atoms with E-state index >= 15 is 0 Å². The van der Waals surface area contributed by atoms with Gasteiger partial charge < -0.3 is 10.6 Å². The molecule has 2 atom stereocenters. The molecule has 2 aliphatic rings. The van der Waals surface area contributed by atoms with E-state index in [1.54, 1.807) is 11.3 Å². The van der Waals surface area contributed by atoms with Gasteiger partial charge in [0.2, 0.25) is 0 Å². The smallest absolute Gasteiger partial charge is 0.257 e. The van der Waals surface area contributed by atoms with E-state index in [9.17, 15) is 4.79 Å². The third-order valence-electron chi connectivity index (χ3n) is 4.43. The minimum atomic E-state index is 0.175. The predicted octanol–water partition coefficient (Wildman–Crippen LogP) is 3.25. The normalized spacial score (nSPS) is 26.5. The van der Waals surface area contributed by atoms with Crippen LogP contribution in [0.3, 0.4) is 0 Å². The predicted molar refractivity (Wildman–Crippen MR) is 79.8 cm³/mol. The summed E-state index contributed by atoms with van der Waals surface area (Å²) in [5.74, 6) is 1.38. The fraction of sp³-hybridized carbons (Fsp3) is 0.667. The first-order valence-electron chi connectivity index (χ1n) is 7.28. The summed E-state index contributed by atoms with van der Waals surface area (Å²) >= 11 is 1.64. The zero-order chi connectivity index (χ0) is 13.6.